The van der Waals surface area contributed by atoms with Gasteiger partial charge < -0.3 is 11.2 Å². The highest BCUT2D eigenvalue weighted by Crippen LogP contribution is 2.24. The van der Waals surface area contributed by atoms with Gasteiger partial charge >= 0.3 is 0 Å². The third kappa shape index (κ3) is 3.58. The summed E-state index contributed by atoms with van der Waals surface area (Å²) < 4.78 is 0. The van der Waals surface area contributed by atoms with E-state index in [1.165, 1.54) is 0 Å². The van der Waals surface area contributed by atoms with Crippen LogP contribution in [0, 0.1) is 0 Å². The molecule has 0 heterocycles. The lowest BCUT2D eigenvalue weighted by Crippen LogP contribution is -2.23. The van der Waals surface area contributed by atoms with Crippen molar-refractivity contribution in [1.82, 2.24) is 0 Å². The van der Waals surface area contributed by atoms with Crippen LogP contribution in [-0.4, -0.2) is 5.71 Å². The molecule has 0 saturated heterocycles. The van der Waals surface area contributed by atoms with Crippen molar-refractivity contribution in [3.63, 3.8) is 0 Å². The fourth-order valence-corrected chi connectivity index (χ4v) is 2.58. The first-order chi connectivity index (χ1) is 11.4. The number of hydrazone groups is 1. The minimum atomic E-state index is -0.119. The Labute approximate surface area is 136 Å². The molecule has 0 radical (unpaired) electrons. The van der Waals surface area contributed by atoms with Gasteiger partial charge in [0.1, 0.15) is 0 Å². The fraction of sp³-hybridized carbons (Fsp3) is 0.0500. The van der Waals surface area contributed by atoms with Gasteiger partial charge in [-0.1, -0.05) is 78.9 Å². The van der Waals surface area contributed by atoms with Crippen LogP contribution in [0.25, 0.3) is 0 Å². The average molecular weight is 301 g/mol. The van der Waals surface area contributed by atoms with Gasteiger partial charge in [-0.2, -0.15) is 5.10 Å². The molecule has 0 aliphatic carbocycles. The molecule has 0 unspecified atom stereocenters. The summed E-state index contributed by atoms with van der Waals surface area (Å²) in [5, 5.41) is 7.62. The third-order valence-corrected chi connectivity index (χ3v) is 3.70. The predicted molar refractivity (Wildman–Crippen MR) is 96.4 cm³/mol. The second-order valence-electron chi connectivity index (χ2n) is 5.23. The van der Waals surface area contributed by atoms with Crippen molar-refractivity contribution in [2.24, 2.45) is 10.9 Å². The van der Waals surface area contributed by atoms with Crippen molar-refractivity contribution < 1.29 is 0 Å². The monoisotopic (exact) mass is 301 g/mol. The summed E-state index contributed by atoms with van der Waals surface area (Å²) in [5.74, 6) is 5.74. The van der Waals surface area contributed by atoms with Crippen LogP contribution in [0.2, 0.25) is 0 Å². The summed E-state index contributed by atoms with van der Waals surface area (Å²) in [5.41, 5.74) is 3.95. The average Bonchev–Trinajstić information content (AvgIpc) is 2.64. The Morgan fingerprint density at radius 2 is 1.26 bits per heavy atom. The fourth-order valence-electron chi connectivity index (χ4n) is 2.58. The van der Waals surface area contributed by atoms with Crippen molar-refractivity contribution in [2.75, 3.05) is 5.32 Å². The van der Waals surface area contributed by atoms with Crippen LogP contribution in [0.3, 0.4) is 0 Å². The molecule has 0 aliphatic heterocycles. The first kappa shape index (κ1) is 14.9. The van der Waals surface area contributed by atoms with Gasteiger partial charge in [-0.15, -0.1) is 0 Å². The molecular weight excluding hydrogens is 282 g/mol. The van der Waals surface area contributed by atoms with E-state index in [9.17, 15) is 0 Å². The van der Waals surface area contributed by atoms with Crippen LogP contribution in [0.1, 0.15) is 17.2 Å². The second-order valence-corrected chi connectivity index (χ2v) is 5.23. The summed E-state index contributed by atoms with van der Waals surface area (Å²) in [6.45, 7) is 0. The van der Waals surface area contributed by atoms with Gasteiger partial charge in [0, 0.05) is 11.3 Å². The number of para-hydroxylation sites is 1. The maximum Gasteiger partial charge on any atom is 0.0964 e. The largest absolute Gasteiger partial charge is 0.373 e. The van der Waals surface area contributed by atoms with Crippen molar-refractivity contribution in [3.8, 4) is 0 Å². The van der Waals surface area contributed by atoms with E-state index in [1.54, 1.807) is 0 Å². The Hall–Kier alpha value is -3.07. The molecule has 0 saturated carbocycles. The van der Waals surface area contributed by atoms with E-state index in [4.69, 9.17) is 5.84 Å². The SMILES string of the molecule is N/N=C(/c1ccccc1)[C@H](Nc1ccccc1)c1ccccc1. The van der Waals surface area contributed by atoms with E-state index < -0.39 is 0 Å². The van der Waals surface area contributed by atoms with Crippen molar-refractivity contribution >= 4 is 11.4 Å². The molecule has 3 rings (SSSR count). The number of benzene rings is 3. The first-order valence-electron chi connectivity index (χ1n) is 7.58. The lowest BCUT2D eigenvalue weighted by atomic mass is 9.96. The predicted octanol–water partition coefficient (Wildman–Crippen LogP) is 4.20. The molecule has 3 aromatic carbocycles. The van der Waals surface area contributed by atoms with E-state index in [2.05, 4.69) is 22.6 Å². The highest BCUT2D eigenvalue weighted by molar-refractivity contribution is 6.06. The van der Waals surface area contributed by atoms with Crippen LogP contribution in [0.4, 0.5) is 5.69 Å². The number of hydrogen-bond donors (Lipinski definition) is 2. The Morgan fingerprint density at radius 1 is 0.739 bits per heavy atom. The zero-order valence-corrected chi connectivity index (χ0v) is 12.8. The van der Waals surface area contributed by atoms with Gasteiger partial charge in [-0.25, -0.2) is 0 Å². The smallest absolute Gasteiger partial charge is 0.0964 e. The third-order valence-electron chi connectivity index (χ3n) is 3.70. The van der Waals surface area contributed by atoms with Crippen molar-refractivity contribution in [1.29, 1.82) is 0 Å². The van der Waals surface area contributed by atoms with E-state index >= 15 is 0 Å². The van der Waals surface area contributed by atoms with Gasteiger partial charge in [-0.05, 0) is 17.7 Å². The Balaban J connectivity index is 2.01. The summed E-state index contributed by atoms with van der Waals surface area (Å²) in [7, 11) is 0. The molecule has 0 aliphatic rings. The van der Waals surface area contributed by atoms with E-state index in [0.29, 0.717) is 0 Å². The topological polar surface area (TPSA) is 50.4 Å². The number of nitrogens with one attached hydrogen (secondary N) is 1. The molecule has 23 heavy (non-hydrogen) atoms. The molecule has 0 bridgehead atoms. The summed E-state index contributed by atoms with van der Waals surface area (Å²) in [6, 6.07) is 30.2. The Kier molecular flexibility index (Phi) is 4.69. The van der Waals surface area contributed by atoms with E-state index in [0.717, 1.165) is 22.5 Å². The Morgan fingerprint density at radius 3 is 1.83 bits per heavy atom. The number of hydrogen-bond acceptors (Lipinski definition) is 3. The van der Waals surface area contributed by atoms with Gasteiger partial charge in [-0.3, -0.25) is 0 Å². The normalized spacial score (nSPS) is 12.6. The van der Waals surface area contributed by atoms with Gasteiger partial charge in [0.25, 0.3) is 0 Å². The molecule has 3 aromatic rings. The minimum Gasteiger partial charge on any atom is -0.373 e. The van der Waals surface area contributed by atoms with Gasteiger partial charge in [0.15, 0.2) is 0 Å². The minimum absolute atomic E-state index is 0.119. The van der Waals surface area contributed by atoms with E-state index in [1.807, 2.05) is 78.9 Å². The van der Waals surface area contributed by atoms with Gasteiger partial charge in [0.05, 0.1) is 11.8 Å². The van der Waals surface area contributed by atoms with Crippen LogP contribution >= 0.6 is 0 Å². The quantitative estimate of drug-likeness (QED) is 0.421. The Bertz CT molecular complexity index is 753. The van der Waals surface area contributed by atoms with Crippen LogP contribution < -0.4 is 11.2 Å². The summed E-state index contributed by atoms with van der Waals surface area (Å²) in [4.78, 5) is 0. The zero-order chi connectivity index (χ0) is 15.9. The van der Waals surface area contributed by atoms with Crippen molar-refractivity contribution in [3.05, 3.63) is 102 Å². The van der Waals surface area contributed by atoms with Crippen LogP contribution in [0.15, 0.2) is 96.1 Å². The zero-order valence-electron chi connectivity index (χ0n) is 12.8. The lowest BCUT2D eigenvalue weighted by molar-refractivity contribution is 1.01. The molecule has 0 fully saturated rings. The first-order valence-corrected chi connectivity index (χ1v) is 7.58. The molecule has 3 N–H and O–H groups in total. The number of nitrogens with two attached hydrogens (primary N) is 1. The molecule has 0 spiro atoms. The molecule has 0 amide bonds. The number of nitrogens with zero attached hydrogens (tertiary/aromatic N) is 1. The highest BCUT2D eigenvalue weighted by atomic mass is 15.1. The van der Waals surface area contributed by atoms with Crippen LogP contribution in [-0.2, 0) is 0 Å². The summed E-state index contributed by atoms with van der Waals surface area (Å²) in [6.07, 6.45) is 0. The van der Waals surface area contributed by atoms with Gasteiger partial charge in [0.2, 0.25) is 0 Å². The second kappa shape index (κ2) is 7.27. The molecular formula is C20H19N3. The standard InChI is InChI=1S/C20H19N3/c21-23-20(17-12-6-2-7-13-17)19(16-10-4-1-5-11-16)22-18-14-8-3-9-15-18/h1-15,19,22H,21H2/b23-20-/t19-/m1/s1. The molecule has 1 atom stereocenters. The maximum atomic E-state index is 5.74. The molecule has 114 valence electrons. The maximum absolute atomic E-state index is 5.74. The summed E-state index contributed by atoms with van der Waals surface area (Å²) >= 11 is 0. The van der Waals surface area contributed by atoms with E-state index in [-0.39, 0.29) is 6.04 Å². The molecule has 0 aromatic heterocycles. The molecule has 3 heteroatoms. The number of anilines is 1. The van der Waals surface area contributed by atoms with Crippen molar-refractivity contribution in [2.45, 2.75) is 6.04 Å². The lowest BCUT2D eigenvalue weighted by Gasteiger charge is -2.22. The van der Waals surface area contributed by atoms with Crippen LogP contribution in [0.5, 0.6) is 0 Å². The molecule has 3 nitrogen and oxygen atoms in total. The number of rotatable bonds is 5. The highest BCUT2D eigenvalue weighted by Gasteiger charge is 2.19.